The number of hydrogen-bond donors (Lipinski definition) is 1. The molecule has 2 aromatic rings. The van der Waals surface area contributed by atoms with Gasteiger partial charge in [-0.1, -0.05) is 24.3 Å². The van der Waals surface area contributed by atoms with E-state index < -0.39 is 0 Å². The lowest BCUT2D eigenvalue weighted by molar-refractivity contribution is 0.227. The zero-order chi connectivity index (χ0) is 13.2. The van der Waals surface area contributed by atoms with Crippen LogP contribution >= 0.6 is 11.3 Å². The van der Waals surface area contributed by atoms with E-state index in [2.05, 4.69) is 42.3 Å². The lowest BCUT2D eigenvalue weighted by Crippen LogP contribution is -2.41. The number of rotatable bonds is 3. The molecule has 0 bridgehead atoms. The highest BCUT2D eigenvalue weighted by Gasteiger charge is 2.19. The third-order valence-electron chi connectivity index (χ3n) is 3.82. The van der Waals surface area contributed by atoms with Crippen LogP contribution in [-0.2, 0) is 0 Å². The number of fused-ring (bicyclic) bond motifs is 1. The van der Waals surface area contributed by atoms with Crippen LogP contribution in [0.1, 0.15) is 25.3 Å². The number of aryl methyl sites for hydroxylation is 1. The molecule has 0 saturated carbocycles. The summed E-state index contributed by atoms with van der Waals surface area (Å²) >= 11 is 1.77. The van der Waals surface area contributed by atoms with E-state index in [9.17, 15) is 0 Å². The molecule has 1 aromatic heterocycles. The van der Waals surface area contributed by atoms with Gasteiger partial charge in [0.25, 0.3) is 0 Å². The zero-order valence-electron chi connectivity index (χ0n) is 11.6. The van der Waals surface area contributed by atoms with Crippen molar-refractivity contribution >= 4 is 26.7 Å². The third kappa shape index (κ3) is 2.90. The number of likely N-dealkylation sites (tertiary alicyclic amines) is 1. The standard InChI is InChI=1S/C15H21N3S/c1-3-18-8-4-5-12(10-18)16-15-17-13-9-11(2)6-7-14(13)19-15/h6-7,9,12H,3-5,8,10H2,1-2H3,(H,16,17). The van der Waals surface area contributed by atoms with Crippen LogP contribution in [0.3, 0.4) is 0 Å². The first-order valence-electron chi connectivity index (χ1n) is 7.10. The van der Waals surface area contributed by atoms with Crippen LogP contribution in [0.5, 0.6) is 0 Å². The molecule has 0 aliphatic carbocycles. The smallest absolute Gasteiger partial charge is 0.184 e. The van der Waals surface area contributed by atoms with Crippen molar-refractivity contribution in [2.75, 3.05) is 25.0 Å². The fourth-order valence-electron chi connectivity index (χ4n) is 2.73. The maximum atomic E-state index is 4.71. The van der Waals surface area contributed by atoms with Gasteiger partial charge in [-0.2, -0.15) is 0 Å². The summed E-state index contributed by atoms with van der Waals surface area (Å²) in [7, 11) is 0. The highest BCUT2D eigenvalue weighted by Crippen LogP contribution is 2.28. The number of benzene rings is 1. The summed E-state index contributed by atoms with van der Waals surface area (Å²) < 4.78 is 1.27. The van der Waals surface area contributed by atoms with Crippen LogP contribution in [0, 0.1) is 6.92 Å². The minimum Gasteiger partial charge on any atom is -0.357 e. The van der Waals surface area contributed by atoms with Gasteiger partial charge in [-0.15, -0.1) is 0 Å². The van der Waals surface area contributed by atoms with E-state index in [-0.39, 0.29) is 0 Å². The lowest BCUT2D eigenvalue weighted by Gasteiger charge is -2.32. The van der Waals surface area contributed by atoms with Crippen LogP contribution in [0.2, 0.25) is 0 Å². The van der Waals surface area contributed by atoms with Crippen LogP contribution < -0.4 is 5.32 Å². The molecule has 0 radical (unpaired) electrons. The summed E-state index contributed by atoms with van der Waals surface area (Å²) in [5.41, 5.74) is 2.40. The normalized spacial score (nSPS) is 20.8. The first-order valence-corrected chi connectivity index (χ1v) is 7.92. The van der Waals surface area contributed by atoms with E-state index in [1.807, 2.05) is 0 Å². The molecule has 1 N–H and O–H groups in total. The summed E-state index contributed by atoms with van der Waals surface area (Å²) in [6.45, 7) is 7.89. The lowest BCUT2D eigenvalue weighted by atomic mass is 10.1. The Morgan fingerprint density at radius 2 is 2.37 bits per heavy atom. The second kappa shape index (κ2) is 5.47. The molecule has 1 fully saturated rings. The predicted molar refractivity (Wildman–Crippen MR) is 83.1 cm³/mol. The molecule has 0 spiro atoms. The Hall–Kier alpha value is -1.13. The van der Waals surface area contributed by atoms with Crippen molar-refractivity contribution in [3.05, 3.63) is 23.8 Å². The van der Waals surface area contributed by atoms with Crippen molar-refractivity contribution in [1.29, 1.82) is 0 Å². The maximum Gasteiger partial charge on any atom is 0.184 e. The Bertz CT molecular complexity index is 564. The molecule has 102 valence electrons. The molecule has 1 aliphatic heterocycles. The topological polar surface area (TPSA) is 28.2 Å². The molecule has 0 amide bonds. The van der Waals surface area contributed by atoms with Crippen molar-refractivity contribution in [2.24, 2.45) is 0 Å². The number of nitrogens with one attached hydrogen (secondary N) is 1. The van der Waals surface area contributed by atoms with E-state index in [1.165, 1.54) is 29.6 Å². The Balaban J connectivity index is 1.74. The molecule has 1 unspecified atom stereocenters. The van der Waals surface area contributed by atoms with Crippen molar-refractivity contribution in [1.82, 2.24) is 9.88 Å². The van der Waals surface area contributed by atoms with Crippen LogP contribution in [0.25, 0.3) is 10.2 Å². The average Bonchev–Trinajstić information content (AvgIpc) is 2.80. The Kier molecular flexibility index (Phi) is 3.71. The largest absolute Gasteiger partial charge is 0.357 e. The molecule has 3 nitrogen and oxygen atoms in total. The van der Waals surface area contributed by atoms with Gasteiger partial charge in [0.05, 0.1) is 10.2 Å². The SMILES string of the molecule is CCN1CCCC(Nc2nc3cc(C)ccc3s2)C1. The molecule has 4 heteroatoms. The van der Waals surface area contributed by atoms with Crippen molar-refractivity contribution < 1.29 is 0 Å². The molecule has 1 atom stereocenters. The molecule has 3 rings (SSSR count). The average molecular weight is 275 g/mol. The Morgan fingerprint density at radius 3 is 3.21 bits per heavy atom. The third-order valence-corrected chi connectivity index (χ3v) is 4.79. The number of aromatic nitrogens is 1. The van der Waals surface area contributed by atoms with Gasteiger partial charge in [0, 0.05) is 12.6 Å². The second-order valence-corrected chi connectivity index (χ2v) is 6.40. The predicted octanol–water partition coefficient (Wildman–Crippen LogP) is 3.50. The number of piperidine rings is 1. The summed E-state index contributed by atoms with van der Waals surface area (Å²) in [6.07, 6.45) is 2.54. The van der Waals surface area contributed by atoms with Gasteiger partial charge >= 0.3 is 0 Å². The van der Waals surface area contributed by atoms with E-state index >= 15 is 0 Å². The van der Waals surface area contributed by atoms with Gasteiger partial charge in [0.1, 0.15) is 0 Å². The van der Waals surface area contributed by atoms with Crippen molar-refractivity contribution in [2.45, 2.75) is 32.7 Å². The van der Waals surface area contributed by atoms with Gasteiger partial charge in [0.2, 0.25) is 0 Å². The second-order valence-electron chi connectivity index (χ2n) is 5.37. The molecule has 1 aliphatic rings. The van der Waals surface area contributed by atoms with E-state index in [4.69, 9.17) is 4.98 Å². The number of thiazole rings is 1. The first-order chi connectivity index (χ1) is 9.24. The van der Waals surface area contributed by atoms with Gasteiger partial charge in [-0.25, -0.2) is 4.98 Å². The van der Waals surface area contributed by atoms with Gasteiger partial charge < -0.3 is 10.2 Å². The van der Waals surface area contributed by atoms with Crippen LogP contribution in [-0.4, -0.2) is 35.6 Å². The Labute approximate surface area is 118 Å². The molecular formula is C15H21N3S. The van der Waals surface area contributed by atoms with E-state index in [1.54, 1.807) is 11.3 Å². The number of likely N-dealkylation sites (N-methyl/N-ethyl adjacent to an activating group) is 1. The van der Waals surface area contributed by atoms with E-state index in [0.717, 1.165) is 23.7 Å². The monoisotopic (exact) mass is 275 g/mol. The molecule has 1 saturated heterocycles. The number of hydrogen-bond acceptors (Lipinski definition) is 4. The molecule has 1 aromatic carbocycles. The summed E-state index contributed by atoms with van der Waals surface area (Å²) in [5, 5.41) is 4.69. The van der Waals surface area contributed by atoms with Crippen molar-refractivity contribution in [3.8, 4) is 0 Å². The maximum absolute atomic E-state index is 4.71. The fourth-order valence-corrected chi connectivity index (χ4v) is 3.66. The molecule has 19 heavy (non-hydrogen) atoms. The summed E-state index contributed by atoms with van der Waals surface area (Å²) in [5.74, 6) is 0. The summed E-state index contributed by atoms with van der Waals surface area (Å²) in [6, 6.07) is 7.04. The van der Waals surface area contributed by atoms with Gasteiger partial charge in [-0.3, -0.25) is 0 Å². The molecule has 2 heterocycles. The van der Waals surface area contributed by atoms with E-state index in [0.29, 0.717) is 6.04 Å². The van der Waals surface area contributed by atoms with Crippen LogP contribution in [0.4, 0.5) is 5.13 Å². The highest BCUT2D eigenvalue weighted by molar-refractivity contribution is 7.22. The van der Waals surface area contributed by atoms with Crippen LogP contribution in [0.15, 0.2) is 18.2 Å². The number of anilines is 1. The fraction of sp³-hybridized carbons (Fsp3) is 0.533. The zero-order valence-corrected chi connectivity index (χ0v) is 12.5. The molecular weight excluding hydrogens is 254 g/mol. The first kappa shape index (κ1) is 12.9. The number of nitrogens with zero attached hydrogens (tertiary/aromatic N) is 2. The highest BCUT2D eigenvalue weighted by atomic mass is 32.1. The summed E-state index contributed by atoms with van der Waals surface area (Å²) in [4.78, 5) is 7.22. The van der Waals surface area contributed by atoms with Gasteiger partial charge in [-0.05, 0) is 50.6 Å². The minimum absolute atomic E-state index is 0.551. The minimum atomic E-state index is 0.551. The van der Waals surface area contributed by atoms with Crippen molar-refractivity contribution in [3.63, 3.8) is 0 Å². The Morgan fingerprint density at radius 1 is 1.47 bits per heavy atom. The quantitative estimate of drug-likeness (QED) is 0.929. The van der Waals surface area contributed by atoms with Gasteiger partial charge in [0.15, 0.2) is 5.13 Å².